The summed E-state index contributed by atoms with van der Waals surface area (Å²) < 4.78 is 11.3. The van der Waals surface area contributed by atoms with E-state index in [-0.39, 0.29) is 11.5 Å². The molecule has 2 N–H and O–H groups in total. The summed E-state index contributed by atoms with van der Waals surface area (Å²) in [6, 6.07) is 0. The first-order valence-corrected chi connectivity index (χ1v) is 10.4. The Balaban J connectivity index is 1.80. The summed E-state index contributed by atoms with van der Waals surface area (Å²) in [6.07, 6.45) is 3.59. The lowest BCUT2D eigenvalue weighted by Crippen LogP contribution is -2.47. The first-order chi connectivity index (χ1) is 13.5. The van der Waals surface area contributed by atoms with Crippen LogP contribution in [0.25, 0.3) is 0 Å². The number of likely N-dealkylation sites (tertiary alicyclic amines) is 1. The van der Waals surface area contributed by atoms with E-state index in [0.29, 0.717) is 30.9 Å². The van der Waals surface area contributed by atoms with E-state index in [9.17, 15) is 4.79 Å². The zero-order valence-electron chi connectivity index (χ0n) is 19.0. The molecule has 0 aliphatic carbocycles. The molecule has 1 amide bonds. The largest absolute Gasteiger partial charge is 0.444 e. The SMILES string of the molecule is CN=C(NCc1ncc(C(C)(C)C)o1)NCC1CCCN(C(=O)OC(C)(C)C)C1. The van der Waals surface area contributed by atoms with E-state index in [1.54, 1.807) is 18.1 Å². The average molecular weight is 408 g/mol. The van der Waals surface area contributed by atoms with Crippen LogP contribution < -0.4 is 10.6 Å². The van der Waals surface area contributed by atoms with E-state index in [4.69, 9.17) is 9.15 Å². The van der Waals surface area contributed by atoms with Gasteiger partial charge in [-0.25, -0.2) is 9.78 Å². The highest BCUT2D eigenvalue weighted by molar-refractivity contribution is 5.79. The third kappa shape index (κ3) is 7.59. The number of rotatable bonds is 4. The molecule has 2 rings (SSSR count). The Morgan fingerprint density at radius 3 is 2.62 bits per heavy atom. The molecular formula is C21H37N5O3. The molecule has 164 valence electrons. The normalized spacial score (nSPS) is 18.5. The van der Waals surface area contributed by atoms with E-state index in [1.807, 2.05) is 20.8 Å². The van der Waals surface area contributed by atoms with Gasteiger partial charge in [0.1, 0.15) is 11.4 Å². The summed E-state index contributed by atoms with van der Waals surface area (Å²) >= 11 is 0. The number of aromatic nitrogens is 1. The molecule has 0 bridgehead atoms. The van der Waals surface area contributed by atoms with Crippen molar-refractivity contribution in [2.24, 2.45) is 10.9 Å². The fourth-order valence-electron chi connectivity index (χ4n) is 3.08. The fraction of sp³-hybridized carbons (Fsp3) is 0.762. The molecule has 1 aromatic rings. The summed E-state index contributed by atoms with van der Waals surface area (Å²) in [5.41, 5.74) is -0.535. The lowest BCUT2D eigenvalue weighted by atomic mass is 9.94. The maximum atomic E-state index is 12.3. The van der Waals surface area contributed by atoms with Crippen molar-refractivity contribution in [2.75, 3.05) is 26.7 Å². The van der Waals surface area contributed by atoms with Crippen LogP contribution in [0.2, 0.25) is 0 Å². The predicted molar refractivity (Wildman–Crippen MR) is 114 cm³/mol. The molecule has 0 saturated carbocycles. The van der Waals surface area contributed by atoms with Crippen LogP contribution in [0.15, 0.2) is 15.6 Å². The molecule has 8 nitrogen and oxygen atoms in total. The van der Waals surface area contributed by atoms with Crippen LogP contribution in [0.3, 0.4) is 0 Å². The lowest BCUT2D eigenvalue weighted by molar-refractivity contribution is 0.0168. The van der Waals surface area contributed by atoms with Crippen molar-refractivity contribution in [3.05, 3.63) is 17.8 Å². The quantitative estimate of drug-likeness (QED) is 0.588. The van der Waals surface area contributed by atoms with Crippen molar-refractivity contribution >= 4 is 12.1 Å². The third-order valence-electron chi connectivity index (χ3n) is 4.65. The van der Waals surface area contributed by atoms with Crippen molar-refractivity contribution in [1.29, 1.82) is 0 Å². The molecule has 0 radical (unpaired) electrons. The highest BCUT2D eigenvalue weighted by atomic mass is 16.6. The Morgan fingerprint density at radius 2 is 2.03 bits per heavy atom. The molecule has 0 spiro atoms. The van der Waals surface area contributed by atoms with Gasteiger partial charge >= 0.3 is 6.09 Å². The van der Waals surface area contributed by atoms with Crippen molar-refractivity contribution in [3.8, 4) is 0 Å². The number of aliphatic imine (C=N–C) groups is 1. The minimum atomic E-state index is -0.471. The van der Waals surface area contributed by atoms with Crippen LogP contribution in [0, 0.1) is 5.92 Å². The molecule has 1 saturated heterocycles. The van der Waals surface area contributed by atoms with Gasteiger partial charge in [-0.2, -0.15) is 0 Å². The number of piperidine rings is 1. The number of guanidine groups is 1. The van der Waals surface area contributed by atoms with Gasteiger partial charge in [-0.05, 0) is 39.5 Å². The maximum Gasteiger partial charge on any atom is 0.410 e. The molecule has 1 atom stereocenters. The Labute approximate surface area is 174 Å². The molecule has 1 unspecified atom stereocenters. The summed E-state index contributed by atoms with van der Waals surface area (Å²) in [7, 11) is 1.74. The van der Waals surface area contributed by atoms with E-state index >= 15 is 0 Å². The van der Waals surface area contributed by atoms with Crippen LogP contribution in [0.1, 0.15) is 66.0 Å². The summed E-state index contributed by atoms with van der Waals surface area (Å²) in [6.45, 7) is 14.6. The van der Waals surface area contributed by atoms with Crippen molar-refractivity contribution in [1.82, 2.24) is 20.5 Å². The molecule has 1 aliphatic heterocycles. The van der Waals surface area contributed by atoms with Crippen LogP contribution in [0.4, 0.5) is 4.79 Å². The number of nitrogens with one attached hydrogen (secondary N) is 2. The van der Waals surface area contributed by atoms with E-state index in [1.165, 1.54) is 0 Å². The third-order valence-corrected chi connectivity index (χ3v) is 4.65. The molecular weight excluding hydrogens is 370 g/mol. The zero-order valence-corrected chi connectivity index (χ0v) is 19.0. The number of amides is 1. The van der Waals surface area contributed by atoms with Gasteiger partial charge < -0.3 is 24.7 Å². The van der Waals surface area contributed by atoms with Crippen LogP contribution in [-0.2, 0) is 16.7 Å². The number of nitrogens with zero attached hydrogens (tertiary/aromatic N) is 3. The second-order valence-corrected chi connectivity index (χ2v) is 9.61. The highest BCUT2D eigenvalue weighted by Gasteiger charge is 2.27. The zero-order chi connectivity index (χ0) is 21.7. The molecule has 2 heterocycles. The van der Waals surface area contributed by atoms with Gasteiger partial charge in [-0.15, -0.1) is 0 Å². The molecule has 1 fully saturated rings. The second-order valence-electron chi connectivity index (χ2n) is 9.61. The van der Waals surface area contributed by atoms with Crippen LogP contribution >= 0.6 is 0 Å². The molecule has 0 aromatic carbocycles. The first kappa shape index (κ1) is 23.0. The lowest BCUT2D eigenvalue weighted by Gasteiger charge is -2.34. The highest BCUT2D eigenvalue weighted by Crippen LogP contribution is 2.22. The molecule has 8 heteroatoms. The number of hydrogen-bond donors (Lipinski definition) is 2. The Hall–Kier alpha value is -2.25. The molecule has 1 aliphatic rings. The Bertz CT molecular complexity index is 700. The average Bonchev–Trinajstić information content (AvgIpc) is 3.10. The van der Waals surface area contributed by atoms with Gasteiger partial charge in [0.2, 0.25) is 5.89 Å². The van der Waals surface area contributed by atoms with Gasteiger partial charge in [0.05, 0.1) is 12.7 Å². The van der Waals surface area contributed by atoms with E-state index in [2.05, 4.69) is 41.4 Å². The molecule has 1 aromatic heterocycles. The van der Waals surface area contributed by atoms with Gasteiger partial charge in [0.25, 0.3) is 0 Å². The Kier molecular flexibility index (Phi) is 7.54. The number of carbonyl (C=O) groups excluding carboxylic acids is 1. The number of ether oxygens (including phenoxy) is 1. The Morgan fingerprint density at radius 1 is 1.31 bits per heavy atom. The number of carbonyl (C=O) groups is 1. The molecule has 29 heavy (non-hydrogen) atoms. The van der Waals surface area contributed by atoms with Crippen molar-refractivity contribution in [2.45, 2.75) is 71.9 Å². The summed E-state index contributed by atoms with van der Waals surface area (Å²) in [5, 5.41) is 6.58. The monoisotopic (exact) mass is 407 g/mol. The predicted octanol–water partition coefficient (Wildman–Crippen LogP) is 3.28. The smallest absolute Gasteiger partial charge is 0.410 e. The minimum absolute atomic E-state index is 0.0633. The van der Waals surface area contributed by atoms with Crippen molar-refractivity contribution in [3.63, 3.8) is 0 Å². The maximum absolute atomic E-state index is 12.3. The van der Waals surface area contributed by atoms with Crippen LogP contribution in [-0.4, -0.2) is 54.2 Å². The topological polar surface area (TPSA) is 92.0 Å². The minimum Gasteiger partial charge on any atom is -0.444 e. The first-order valence-electron chi connectivity index (χ1n) is 10.4. The number of oxazole rings is 1. The van der Waals surface area contributed by atoms with Crippen LogP contribution in [0.5, 0.6) is 0 Å². The fourth-order valence-corrected chi connectivity index (χ4v) is 3.08. The number of hydrogen-bond acceptors (Lipinski definition) is 5. The van der Waals surface area contributed by atoms with Gasteiger partial charge in [0.15, 0.2) is 5.96 Å². The summed E-state index contributed by atoms with van der Waals surface area (Å²) in [5.74, 6) is 2.53. The standard InChI is InChI=1S/C21H37N5O3/c1-20(2,3)16-12-23-17(28-16)13-25-18(22-7)24-11-15-9-8-10-26(14-15)19(27)29-21(4,5)6/h12,15H,8-11,13-14H2,1-7H3,(H2,22,24,25). The van der Waals surface area contributed by atoms with E-state index < -0.39 is 5.60 Å². The van der Waals surface area contributed by atoms with Gasteiger partial charge in [0, 0.05) is 32.1 Å². The van der Waals surface area contributed by atoms with Crippen molar-refractivity contribution < 1.29 is 13.9 Å². The summed E-state index contributed by atoms with van der Waals surface area (Å²) in [4.78, 5) is 22.7. The second kappa shape index (κ2) is 9.50. The van der Waals surface area contributed by atoms with Gasteiger partial charge in [-0.1, -0.05) is 20.8 Å². The van der Waals surface area contributed by atoms with Gasteiger partial charge in [-0.3, -0.25) is 4.99 Å². The van der Waals surface area contributed by atoms with E-state index in [0.717, 1.165) is 31.7 Å².